The molecule has 1 amide bonds. The van der Waals surface area contributed by atoms with Gasteiger partial charge in [0.1, 0.15) is 24.3 Å². The zero-order valence-corrected chi connectivity index (χ0v) is 23.2. The van der Waals surface area contributed by atoms with Gasteiger partial charge >= 0.3 is 5.97 Å². The Morgan fingerprint density at radius 1 is 1.13 bits per heavy atom. The van der Waals surface area contributed by atoms with E-state index in [2.05, 4.69) is 5.32 Å². The quantitative estimate of drug-likeness (QED) is 0.304. The van der Waals surface area contributed by atoms with Crippen molar-refractivity contribution in [1.82, 2.24) is 9.97 Å². The normalized spacial score (nSPS) is 13.7. The number of esters is 1. The number of aryl methyl sites for hydroxylation is 1. The van der Waals surface area contributed by atoms with Gasteiger partial charge in [-0.15, -0.1) is 0 Å². The van der Waals surface area contributed by atoms with Gasteiger partial charge in [0.25, 0.3) is 0 Å². The minimum Gasteiger partial charge on any atom is -0.493 e. The summed E-state index contributed by atoms with van der Waals surface area (Å²) >= 11 is 0. The number of carbonyl (C=O) groups is 2. The minimum absolute atomic E-state index is 0.0567. The van der Waals surface area contributed by atoms with Crippen LogP contribution in [-0.2, 0) is 25.5 Å². The number of rotatable bonds is 6. The molecule has 0 aliphatic carbocycles. The monoisotopic (exact) mass is 527 g/mol. The zero-order valence-electron chi connectivity index (χ0n) is 23.2. The van der Waals surface area contributed by atoms with Gasteiger partial charge in [-0.3, -0.25) is 14.6 Å². The van der Waals surface area contributed by atoms with E-state index in [-0.39, 0.29) is 18.5 Å². The van der Waals surface area contributed by atoms with E-state index in [9.17, 15) is 9.59 Å². The number of nitrogens with one attached hydrogen (secondary N) is 1. The summed E-state index contributed by atoms with van der Waals surface area (Å²) < 4.78 is 18.0. The molecule has 0 fully saturated rings. The molecule has 1 aliphatic heterocycles. The number of pyridine rings is 2. The molecule has 8 heteroatoms. The van der Waals surface area contributed by atoms with Crippen LogP contribution >= 0.6 is 0 Å². The number of hydrogen-bond acceptors (Lipinski definition) is 7. The first-order chi connectivity index (χ1) is 18.5. The van der Waals surface area contributed by atoms with Crippen molar-refractivity contribution in [3.8, 4) is 16.9 Å². The van der Waals surface area contributed by atoms with E-state index in [1.54, 1.807) is 6.07 Å². The van der Waals surface area contributed by atoms with Crippen LogP contribution in [0.1, 0.15) is 57.4 Å². The summed E-state index contributed by atoms with van der Waals surface area (Å²) in [5.41, 5.74) is 5.84. The highest BCUT2D eigenvalue weighted by Crippen LogP contribution is 2.45. The molecule has 0 saturated carbocycles. The van der Waals surface area contributed by atoms with Gasteiger partial charge in [0.15, 0.2) is 0 Å². The van der Waals surface area contributed by atoms with E-state index in [0.717, 1.165) is 56.2 Å². The van der Waals surface area contributed by atoms with Gasteiger partial charge in [0, 0.05) is 42.8 Å². The number of benzene rings is 2. The topological polar surface area (TPSA) is 99.6 Å². The second-order valence-electron chi connectivity index (χ2n) is 10.9. The van der Waals surface area contributed by atoms with Gasteiger partial charge in [-0.2, -0.15) is 0 Å². The largest absolute Gasteiger partial charge is 0.493 e. The van der Waals surface area contributed by atoms with Crippen molar-refractivity contribution in [3.63, 3.8) is 0 Å². The lowest BCUT2D eigenvalue weighted by atomic mass is 9.86. The van der Waals surface area contributed by atoms with Crippen molar-refractivity contribution in [2.24, 2.45) is 0 Å². The third kappa shape index (κ3) is 5.43. The summed E-state index contributed by atoms with van der Waals surface area (Å²) in [4.78, 5) is 33.2. The van der Waals surface area contributed by atoms with Crippen LogP contribution in [-0.4, -0.2) is 40.7 Å². The highest BCUT2D eigenvalue weighted by Gasteiger charge is 2.29. The molecule has 0 saturated heterocycles. The predicted octanol–water partition coefficient (Wildman–Crippen LogP) is 6.07. The Labute approximate surface area is 227 Å². The van der Waals surface area contributed by atoms with E-state index in [0.29, 0.717) is 12.4 Å². The van der Waals surface area contributed by atoms with Crippen molar-refractivity contribution < 1.29 is 23.8 Å². The maximum Gasteiger partial charge on any atom is 0.302 e. The van der Waals surface area contributed by atoms with Crippen LogP contribution < -0.4 is 10.1 Å². The Morgan fingerprint density at radius 3 is 2.64 bits per heavy atom. The maximum atomic E-state index is 11.9. The predicted molar refractivity (Wildman–Crippen MR) is 151 cm³/mol. The number of carbonyl (C=O) groups excluding carboxylic acids is 2. The molecule has 2 aromatic heterocycles. The number of hydrogen-bond donors (Lipinski definition) is 1. The Kier molecular flexibility index (Phi) is 6.99. The van der Waals surface area contributed by atoms with Crippen LogP contribution in [0.4, 0.5) is 5.82 Å². The zero-order chi connectivity index (χ0) is 27.9. The van der Waals surface area contributed by atoms with Gasteiger partial charge in [-0.25, -0.2) is 4.98 Å². The van der Waals surface area contributed by atoms with Crippen LogP contribution in [0.2, 0.25) is 0 Å². The summed E-state index contributed by atoms with van der Waals surface area (Å²) in [5, 5.41) is 4.64. The SMILES string of the molecule is CC(=O)Nc1ccc2c(-c3ccc4c5c(ccnc35)CCO4)c(C(COC(C)=O)OC(C)(C)C)c(C)cc2n1. The van der Waals surface area contributed by atoms with Crippen molar-refractivity contribution in [2.45, 2.75) is 59.7 Å². The second kappa shape index (κ2) is 10.3. The van der Waals surface area contributed by atoms with Gasteiger partial charge in [-0.1, -0.05) is 0 Å². The smallest absolute Gasteiger partial charge is 0.302 e. The molecule has 1 aliphatic rings. The Hall–Kier alpha value is -4.04. The van der Waals surface area contributed by atoms with Crippen LogP contribution in [0, 0.1) is 6.92 Å². The van der Waals surface area contributed by atoms with Crippen LogP contribution in [0.25, 0.3) is 32.9 Å². The van der Waals surface area contributed by atoms with E-state index in [1.807, 2.05) is 64.2 Å². The Balaban J connectivity index is 1.84. The molecule has 1 N–H and O–H groups in total. The average Bonchev–Trinajstić information content (AvgIpc) is 2.85. The standard InChI is InChI=1S/C31H33N3O5/c1-17-15-23-21(8-10-26(34-23)33-18(2)35)29(27(17)25(16-38-19(3)36)39-31(4,5)6)22-7-9-24-28-20(12-14-37-24)11-13-32-30(22)28/h7-11,13,15,25H,12,14,16H2,1-6H3,(H,33,34,35). The molecule has 1 unspecified atom stereocenters. The number of anilines is 1. The third-order valence-electron chi connectivity index (χ3n) is 6.64. The van der Waals surface area contributed by atoms with Crippen LogP contribution in [0.3, 0.4) is 0 Å². The van der Waals surface area contributed by atoms with Crippen molar-refractivity contribution in [2.75, 3.05) is 18.5 Å². The molecule has 4 aromatic rings. The summed E-state index contributed by atoms with van der Waals surface area (Å²) in [6.45, 7) is 11.5. The number of amides is 1. The van der Waals surface area contributed by atoms with Gasteiger partial charge in [-0.05, 0) is 86.3 Å². The average molecular weight is 528 g/mol. The molecule has 8 nitrogen and oxygen atoms in total. The molecular formula is C31H33N3O5. The minimum atomic E-state index is -0.551. The van der Waals surface area contributed by atoms with Gasteiger partial charge in [0.2, 0.25) is 5.91 Å². The first kappa shape index (κ1) is 26.6. The summed E-state index contributed by atoms with van der Waals surface area (Å²) in [6, 6.07) is 11.8. The van der Waals surface area contributed by atoms with E-state index in [4.69, 9.17) is 24.2 Å². The molecule has 3 heterocycles. The fourth-order valence-electron chi connectivity index (χ4n) is 5.28. The molecular weight excluding hydrogens is 494 g/mol. The molecule has 39 heavy (non-hydrogen) atoms. The molecule has 5 rings (SSSR count). The Morgan fingerprint density at radius 2 is 1.92 bits per heavy atom. The fourth-order valence-corrected chi connectivity index (χ4v) is 5.28. The molecule has 0 bridgehead atoms. The lowest BCUT2D eigenvalue weighted by Crippen LogP contribution is -2.27. The van der Waals surface area contributed by atoms with Crippen molar-refractivity contribution in [1.29, 1.82) is 0 Å². The lowest BCUT2D eigenvalue weighted by Gasteiger charge is -2.31. The molecule has 0 radical (unpaired) electrons. The van der Waals surface area contributed by atoms with E-state index in [1.165, 1.54) is 19.4 Å². The number of fused-ring (bicyclic) bond motifs is 1. The number of ether oxygens (including phenoxy) is 3. The second-order valence-corrected chi connectivity index (χ2v) is 10.9. The highest BCUT2D eigenvalue weighted by atomic mass is 16.6. The number of nitrogens with zero attached hydrogens (tertiary/aromatic N) is 2. The summed E-state index contributed by atoms with van der Waals surface area (Å²) in [6.07, 6.45) is 2.09. The van der Waals surface area contributed by atoms with Gasteiger partial charge in [0.05, 0.1) is 23.2 Å². The first-order valence-electron chi connectivity index (χ1n) is 13.1. The van der Waals surface area contributed by atoms with Gasteiger partial charge < -0.3 is 19.5 Å². The van der Waals surface area contributed by atoms with E-state index < -0.39 is 11.7 Å². The number of aromatic nitrogens is 2. The molecule has 202 valence electrons. The molecule has 0 spiro atoms. The fraction of sp³-hybridized carbons (Fsp3) is 0.355. The molecule has 2 aromatic carbocycles. The lowest BCUT2D eigenvalue weighted by molar-refractivity contribution is -0.150. The Bertz CT molecular complexity index is 1600. The van der Waals surface area contributed by atoms with Crippen molar-refractivity contribution in [3.05, 3.63) is 59.3 Å². The third-order valence-corrected chi connectivity index (χ3v) is 6.64. The highest BCUT2D eigenvalue weighted by molar-refractivity contribution is 6.07. The maximum absolute atomic E-state index is 11.9. The van der Waals surface area contributed by atoms with E-state index >= 15 is 0 Å². The summed E-state index contributed by atoms with van der Waals surface area (Å²) in [7, 11) is 0. The first-order valence-corrected chi connectivity index (χ1v) is 13.1. The van der Waals surface area contributed by atoms with Crippen LogP contribution in [0.15, 0.2) is 42.6 Å². The summed E-state index contributed by atoms with van der Waals surface area (Å²) in [5.74, 6) is 0.719. The van der Waals surface area contributed by atoms with Crippen LogP contribution in [0.5, 0.6) is 5.75 Å². The van der Waals surface area contributed by atoms with Crippen molar-refractivity contribution >= 4 is 39.5 Å². The molecule has 1 atom stereocenters.